The van der Waals surface area contributed by atoms with Gasteiger partial charge in [-0.05, 0) is 48.9 Å². The minimum Gasteiger partial charge on any atom is -0.496 e. The Balaban J connectivity index is 1.60. The molecular formula is C19H23N3O3. The number of amides is 2. The Bertz CT molecular complexity index is 800. The number of H-pyrrole nitrogens is 1. The number of carbonyl (C=O) groups excluding carboxylic acids is 1. The van der Waals surface area contributed by atoms with Crippen molar-refractivity contribution in [3.05, 3.63) is 63.6 Å². The van der Waals surface area contributed by atoms with E-state index in [1.807, 2.05) is 12.1 Å². The lowest BCUT2D eigenvalue weighted by atomic mass is 10.0. The van der Waals surface area contributed by atoms with E-state index in [4.69, 9.17) is 4.74 Å². The minimum absolute atomic E-state index is 0.0717. The van der Waals surface area contributed by atoms with Gasteiger partial charge in [0, 0.05) is 24.3 Å². The van der Waals surface area contributed by atoms with Gasteiger partial charge in [-0.1, -0.05) is 18.2 Å². The Morgan fingerprint density at radius 2 is 2.20 bits per heavy atom. The number of fused-ring (bicyclic) bond motifs is 1. The van der Waals surface area contributed by atoms with Gasteiger partial charge in [-0.2, -0.15) is 0 Å². The van der Waals surface area contributed by atoms with E-state index >= 15 is 0 Å². The van der Waals surface area contributed by atoms with Gasteiger partial charge in [-0.15, -0.1) is 0 Å². The fourth-order valence-electron chi connectivity index (χ4n) is 3.30. The second-order valence-corrected chi connectivity index (χ2v) is 6.24. The molecule has 3 rings (SSSR count). The highest BCUT2D eigenvalue weighted by molar-refractivity contribution is 5.74. The summed E-state index contributed by atoms with van der Waals surface area (Å²) in [5.74, 6) is 0.922. The zero-order valence-corrected chi connectivity index (χ0v) is 14.3. The molecular weight excluding hydrogens is 318 g/mol. The molecule has 2 amide bonds. The van der Waals surface area contributed by atoms with Crippen LogP contribution in [0.5, 0.6) is 5.75 Å². The van der Waals surface area contributed by atoms with Gasteiger partial charge in [0.15, 0.2) is 0 Å². The first kappa shape index (κ1) is 17.1. The first-order valence-electron chi connectivity index (χ1n) is 8.53. The molecule has 6 heteroatoms. The van der Waals surface area contributed by atoms with Crippen molar-refractivity contribution < 1.29 is 9.53 Å². The second-order valence-electron chi connectivity index (χ2n) is 6.24. The number of hydrogen-bond donors (Lipinski definition) is 3. The summed E-state index contributed by atoms with van der Waals surface area (Å²) < 4.78 is 5.45. The smallest absolute Gasteiger partial charge is 0.315 e. The maximum atomic E-state index is 12.2. The van der Waals surface area contributed by atoms with Crippen molar-refractivity contribution in [1.82, 2.24) is 15.6 Å². The van der Waals surface area contributed by atoms with Crippen LogP contribution in [0.15, 0.2) is 41.3 Å². The lowest BCUT2D eigenvalue weighted by Gasteiger charge is -2.18. The minimum atomic E-state index is -0.250. The summed E-state index contributed by atoms with van der Waals surface area (Å²) in [5, 5.41) is 5.78. The number of hydrogen-bond acceptors (Lipinski definition) is 3. The van der Waals surface area contributed by atoms with Crippen LogP contribution in [0.1, 0.15) is 29.5 Å². The summed E-state index contributed by atoms with van der Waals surface area (Å²) in [6.07, 6.45) is 5.22. The molecule has 0 bridgehead atoms. The van der Waals surface area contributed by atoms with Crippen LogP contribution in [-0.2, 0) is 19.4 Å². The van der Waals surface area contributed by atoms with Crippen molar-refractivity contribution in [2.75, 3.05) is 7.11 Å². The molecule has 1 aromatic carbocycles. The lowest BCUT2D eigenvalue weighted by molar-refractivity contribution is 0.235. The molecule has 0 fully saturated rings. The number of rotatable bonds is 4. The Kier molecular flexibility index (Phi) is 5.38. The number of carbonyl (C=O) groups is 1. The lowest BCUT2D eigenvalue weighted by Crippen LogP contribution is -2.43. The molecule has 3 N–H and O–H groups in total. The summed E-state index contributed by atoms with van der Waals surface area (Å²) in [6.45, 7) is 0.207. The van der Waals surface area contributed by atoms with E-state index in [1.54, 1.807) is 25.4 Å². The topological polar surface area (TPSA) is 83.2 Å². The van der Waals surface area contributed by atoms with Crippen molar-refractivity contribution in [3.8, 4) is 5.75 Å². The van der Waals surface area contributed by atoms with Crippen LogP contribution in [0.25, 0.3) is 0 Å². The summed E-state index contributed by atoms with van der Waals surface area (Å²) >= 11 is 0. The largest absolute Gasteiger partial charge is 0.496 e. The zero-order valence-electron chi connectivity index (χ0n) is 14.3. The third-order valence-corrected chi connectivity index (χ3v) is 4.57. The van der Waals surface area contributed by atoms with E-state index in [-0.39, 0.29) is 24.2 Å². The van der Waals surface area contributed by atoms with Gasteiger partial charge in [0.25, 0.3) is 5.56 Å². The third-order valence-electron chi connectivity index (χ3n) is 4.57. The molecule has 1 aliphatic carbocycles. The number of aromatic nitrogens is 1. The molecule has 0 aliphatic heterocycles. The number of nitrogens with one attached hydrogen (secondary N) is 3. The van der Waals surface area contributed by atoms with Crippen LogP contribution in [0.2, 0.25) is 0 Å². The second kappa shape index (κ2) is 7.88. The van der Waals surface area contributed by atoms with Crippen molar-refractivity contribution in [2.24, 2.45) is 0 Å². The highest BCUT2D eigenvalue weighted by Gasteiger charge is 2.20. The normalized spacial score (nSPS) is 16.4. The van der Waals surface area contributed by atoms with Gasteiger partial charge in [-0.25, -0.2) is 4.79 Å². The number of urea groups is 1. The molecule has 1 atom stereocenters. The first-order valence-corrected chi connectivity index (χ1v) is 8.53. The van der Waals surface area contributed by atoms with Gasteiger partial charge in [-0.3, -0.25) is 4.79 Å². The number of aromatic amines is 1. The van der Waals surface area contributed by atoms with Crippen LogP contribution < -0.4 is 20.9 Å². The van der Waals surface area contributed by atoms with E-state index < -0.39 is 0 Å². The fourth-order valence-corrected chi connectivity index (χ4v) is 3.30. The van der Waals surface area contributed by atoms with Gasteiger partial charge < -0.3 is 20.4 Å². The maximum absolute atomic E-state index is 12.2. The average Bonchev–Trinajstić information content (AvgIpc) is 2.82. The van der Waals surface area contributed by atoms with Crippen LogP contribution in [0.3, 0.4) is 0 Å². The van der Waals surface area contributed by atoms with E-state index in [0.29, 0.717) is 5.56 Å². The highest BCUT2D eigenvalue weighted by atomic mass is 16.5. The predicted molar refractivity (Wildman–Crippen MR) is 95.9 cm³/mol. The molecule has 0 radical (unpaired) electrons. The Morgan fingerprint density at radius 3 is 3.00 bits per heavy atom. The van der Waals surface area contributed by atoms with Gasteiger partial charge in [0.05, 0.1) is 7.11 Å². The number of ether oxygens (including phenoxy) is 1. The van der Waals surface area contributed by atoms with Gasteiger partial charge >= 0.3 is 6.03 Å². The van der Waals surface area contributed by atoms with Crippen LogP contribution in [0.4, 0.5) is 4.79 Å². The molecule has 1 aromatic heterocycles. The molecule has 2 aromatic rings. The highest BCUT2D eigenvalue weighted by Crippen LogP contribution is 2.28. The van der Waals surface area contributed by atoms with Crippen molar-refractivity contribution in [2.45, 2.75) is 38.3 Å². The fraction of sp³-hybridized carbons (Fsp3) is 0.368. The van der Waals surface area contributed by atoms with E-state index in [9.17, 15) is 9.59 Å². The number of methoxy groups -OCH3 is 1. The Hall–Kier alpha value is -2.76. The monoisotopic (exact) mass is 341 g/mol. The number of benzene rings is 1. The molecule has 0 saturated carbocycles. The first-order chi connectivity index (χ1) is 12.2. The molecule has 25 heavy (non-hydrogen) atoms. The summed E-state index contributed by atoms with van der Waals surface area (Å²) in [5.41, 5.74) is 2.82. The van der Waals surface area contributed by atoms with E-state index in [0.717, 1.165) is 31.4 Å². The van der Waals surface area contributed by atoms with E-state index in [1.165, 1.54) is 11.1 Å². The standard InChI is InChI=1S/C19H23N3O3/c1-25-17-9-2-5-13-11-15(7-3-8-16(13)17)22-19(24)21-12-14-6-4-10-20-18(14)23/h2,4-6,9-10,15H,3,7-8,11-12H2,1H3,(H,20,23)(H2,21,22,24). The van der Waals surface area contributed by atoms with Crippen LogP contribution in [-0.4, -0.2) is 24.2 Å². The van der Waals surface area contributed by atoms with Crippen LogP contribution in [0, 0.1) is 0 Å². The molecule has 0 saturated heterocycles. The molecule has 0 spiro atoms. The van der Waals surface area contributed by atoms with Crippen molar-refractivity contribution in [3.63, 3.8) is 0 Å². The molecule has 1 aliphatic rings. The average molecular weight is 341 g/mol. The summed E-state index contributed by atoms with van der Waals surface area (Å²) in [4.78, 5) is 26.4. The maximum Gasteiger partial charge on any atom is 0.315 e. The third kappa shape index (κ3) is 4.21. The van der Waals surface area contributed by atoms with Crippen molar-refractivity contribution in [1.29, 1.82) is 0 Å². The van der Waals surface area contributed by atoms with Crippen molar-refractivity contribution >= 4 is 6.03 Å². The Labute approximate surface area is 146 Å². The summed E-state index contributed by atoms with van der Waals surface area (Å²) in [6, 6.07) is 9.33. The summed E-state index contributed by atoms with van der Waals surface area (Å²) in [7, 11) is 1.69. The van der Waals surface area contributed by atoms with Gasteiger partial charge in [0.1, 0.15) is 5.75 Å². The Morgan fingerprint density at radius 1 is 1.32 bits per heavy atom. The molecule has 1 heterocycles. The quantitative estimate of drug-likeness (QED) is 0.745. The molecule has 1 unspecified atom stereocenters. The zero-order chi connectivity index (χ0) is 17.6. The van der Waals surface area contributed by atoms with E-state index in [2.05, 4.69) is 21.7 Å². The van der Waals surface area contributed by atoms with Crippen LogP contribution >= 0.6 is 0 Å². The molecule has 132 valence electrons. The molecule has 6 nitrogen and oxygen atoms in total. The predicted octanol–water partition coefficient (Wildman–Crippen LogP) is 2.13. The van der Waals surface area contributed by atoms with Gasteiger partial charge in [0.2, 0.25) is 0 Å². The SMILES string of the molecule is COc1cccc2c1CCCC(NC(=O)NCc1ccc[nH]c1=O)C2. The number of pyridine rings is 1.